The van der Waals surface area contributed by atoms with Crippen molar-refractivity contribution in [1.29, 1.82) is 0 Å². The van der Waals surface area contributed by atoms with Crippen LogP contribution in [0.4, 0.5) is 13.2 Å². The van der Waals surface area contributed by atoms with E-state index in [1.807, 2.05) is 0 Å². The second-order valence-electron chi connectivity index (χ2n) is 4.44. The first-order valence-electron chi connectivity index (χ1n) is 6.13. The Balaban J connectivity index is 1.97. The van der Waals surface area contributed by atoms with Crippen LogP contribution in [0.5, 0.6) is 0 Å². The molecule has 1 aliphatic heterocycles. The third kappa shape index (κ3) is 2.58. The molecular formula is C14H12F3NOS. The molecule has 0 amide bonds. The van der Waals surface area contributed by atoms with Gasteiger partial charge >= 0.3 is 6.18 Å². The lowest BCUT2D eigenvalue weighted by atomic mass is 10.1. The van der Waals surface area contributed by atoms with E-state index in [0.717, 1.165) is 17.4 Å². The Hall–Kier alpha value is -1.40. The molecule has 2 nitrogen and oxygen atoms in total. The van der Waals surface area contributed by atoms with E-state index in [1.165, 1.54) is 16.7 Å². The summed E-state index contributed by atoms with van der Waals surface area (Å²) in [7, 11) is 0. The first-order valence-corrected chi connectivity index (χ1v) is 7.18. The number of para-hydroxylation sites is 1. The Bertz CT molecular complexity index is 602. The number of hydrogen-bond donors (Lipinski definition) is 0. The van der Waals surface area contributed by atoms with Gasteiger partial charge in [0.2, 0.25) is 0 Å². The Labute approximate surface area is 118 Å². The molecule has 2 heterocycles. The van der Waals surface area contributed by atoms with Crippen LogP contribution in [0.3, 0.4) is 0 Å². The van der Waals surface area contributed by atoms with Crippen molar-refractivity contribution < 1.29 is 17.9 Å². The zero-order valence-electron chi connectivity index (χ0n) is 10.4. The topological polar surface area (TPSA) is 14.2 Å². The molecule has 0 N–H and O–H groups in total. The highest BCUT2D eigenvalue weighted by Crippen LogP contribution is 2.37. The first kappa shape index (κ1) is 13.6. The summed E-state index contributed by atoms with van der Waals surface area (Å²) >= 11 is 1.66. The fourth-order valence-electron chi connectivity index (χ4n) is 2.19. The summed E-state index contributed by atoms with van der Waals surface area (Å²) in [6.45, 7) is 0.680. The van der Waals surface area contributed by atoms with Crippen molar-refractivity contribution in [3.05, 3.63) is 53.9 Å². The van der Waals surface area contributed by atoms with Crippen LogP contribution in [0.1, 0.15) is 16.6 Å². The largest absolute Gasteiger partial charge is 0.418 e. The van der Waals surface area contributed by atoms with E-state index >= 15 is 0 Å². The lowest BCUT2D eigenvalue weighted by molar-refractivity contribution is -0.137. The Kier molecular flexibility index (Phi) is 3.52. The SMILES string of the molecule is FC(F)(F)c1ccccc1-n1ccc(C2OCCS2)c1. The van der Waals surface area contributed by atoms with E-state index in [1.54, 1.807) is 36.3 Å². The predicted molar refractivity (Wildman–Crippen MR) is 71.9 cm³/mol. The second kappa shape index (κ2) is 5.18. The Morgan fingerprint density at radius 3 is 2.70 bits per heavy atom. The molecule has 0 radical (unpaired) electrons. The van der Waals surface area contributed by atoms with Gasteiger partial charge in [-0.2, -0.15) is 13.2 Å². The molecule has 1 fully saturated rings. The van der Waals surface area contributed by atoms with Gasteiger partial charge in [-0.05, 0) is 18.2 Å². The highest BCUT2D eigenvalue weighted by Gasteiger charge is 2.33. The zero-order chi connectivity index (χ0) is 14.2. The van der Waals surface area contributed by atoms with Crippen LogP contribution in [0.2, 0.25) is 0 Å². The summed E-state index contributed by atoms with van der Waals surface area (Å²) in [5.41, 5.74) is 0.315. The van der Waals surface area contributed by atoms with Crippen molar-refractivity contribution in [3.63, 3.8) is 0 Å². The number of halogens is 3. The van der Waals surface area contributed by atoms with Gasteiger partial charge in [-0.1, -0.05) is 12.1 Å². The average Bonchev–Trinajstić information content (AvgIpc) is 3.09. The van der Waals surface area contributed by atoms with E-state index in [-0.39, 0.29) is 11.1 Å². The fraction of sp³-hybridized carbons (Fsp3) is 0.286. The van der Waals surface area contributed by atoms with E-state index in [2.05, 4.69) is 0 Å². The summed E-state index contributed by atoms with van der Waals surface area (Å²) in [5, 5.41) is 0. The molecule has 0 aliphatic carbocycles. The summed E-state index contributed by atoms with van der Waals surface area (Å²) in [6, 6.07) is 7.36. The number of hydrogen-bond acceptors (Lipinski definition) is 2. The van der Waals surface area contributed by atoms with Crippen molar-refractivity contribution in [1.82, 2.24) is 4.57 Å². The molecule has 1 aliphatic rings. The molecule has 20 heavy (non-hydrogen) atoms. The summed E-state index contributed by atoms with van der Waals surface area (Å²) in [6.07, 6.45) is -1.02. The van der Waals surface area contributed by atoms with Crippen molar-refractivity contribution in [2.45, 2.75) is 11.6 Å². The molecule has 0 bridgehead atoms. The zero-order valence-corrected chi connectivity index (χ0v) is 11.2. The van der Waals surface area contributed by atoms with Crippen molar-refractivity contribution >= 4 is 11.8 Å². The quantitative estimate of drug-likeness (QED) is 0.822. The number of nitrogens with zero attached hydrogens (tertiary/aromatic N) is 1. The van der Waals surface area contributed by atoms with Gasteiger partial charge in [-0.3, -0.25) is 0 Å². The first-order chi connectivity index (χ1) is 9.55. The van der Waals surface area contributed by atoms with Gasteiger partial charge in [0.1, 0.15) is 5.44 Å². The standard InChI is InChI=1S/C14H12F3NOS/c15-14(16,17)11-3-1-2-4-12(11)18-6-5-10(9-18)13-19-7-8-20-13/h1-6,9,13H,7-8H2. The maximum Gasteiger partial charge on any atom is 0.418 e. The third-order valence-corrected chi connectivity index (χ3v) is 4.21. The molecule has 2 aromatic rings. The minimum atomic E-state index is -4.36. The summed E-state index contributed by atoms with van der Waals surface area (Å²) in [4.78, 5) is 0. The monoisotopic (exact) mass is 299 g/mol. The molecule has 1 atom stereocenters. The average molecular weight is 299 g/mol. The Morgan fingerprint density at radius 1 is 1.20 bits per heavy atom. The minimum Gasteiger partial charge on any atom is -0.362 e. The third-order valence-electron chi connectivity index (χ3n) is 3.10. The van der Waals surface area contributed by atoms with Gasteiger partial charge in [-0.15, -0.1) is 11.8 Å². The molecule has 6 heteroatoms. The lowest BCUT2D eigenvalue weighted by Gasteiger charge is -2.13. The molecule has 1 saturated heterocycles. The van der Waals surface area contributed by atoms with E-state index in [4.69, 9.17) is 4.74 Å². The predicted octanol–water partition coefficient (Wildman–Crippen LogP) is 4.26. The maximum atomic E-state index is 13.0. The number of thioether (sulfide) groups is 1. The fourth-order valence-corrected chi connectivity index (χ4v) is 3.12. The number of aromatic nitrogens is 1. The van der Waals surface area contributed by atoms with Crippen molar-refractivity contribution in [3.8, 4) is 5.69 Å². The molecule has 1 aromatic heterocycles. The van der Waals surface area contributed by atoms with Gasteiger partial charge < -0.3 is 9.30 Å². The van der Waals surface area contributed by atoms with Crippen molar-refractivity contribution in [2.75, 3.05) is 12.4 Å². The highest BCUT2D eigenvalue weighted by molar-refractivity contribution is 7.99. The van der Waals surface area contributed by atoms with Crippen molar-refractivity contribution in [2.24, 2.45) is 0 Å². The molecule has 0 saturated carbocycles. The van der Waals surface area contributed by atoms with Crippen LogP contribution >= 0.6 is 11.8 Å². The number of alkyl halides is 3. The van der Waals surface area contributed by atoms with Gasteiger partial charge in [0.25, 0.3) is 0 Å². The van der Waals surface area contributed by atoms with Crippen LogP contribution in [0, 0.1) is 0 Å². The van der Waals surface area contributed by atoms with Crippen LogP contribution in [-0.4, -0.2) is 16.9 Å². The number of rotatable bonds is 2. The molecule has 106 valence electrons. The normalized spacial score (nSPS) is 19.4. The van der Waals surface area contributed by atoms with Crippen LogP contribution < -0.4 is 0 Å². The second-order valence-corrected chi connectivity index (χ2v) is 5.61. The number of benzene rings is 1. The minimum absolute atomic E-state index is 0.0747. The molecule has 0 spiro atoms. The number of ether oxygens (including phenoxy) is 1. The smallest absolute Gasteiger partial charge is 0.362 e. The van der Waals surface area contributed by atoms with Gasteiger partial charge in [-0.25, -0.2) is 0 Å². The maximum absolute atomic E-state index is 13.0. The van der Waals surface area contributed by atoms with E-state index in [0.29, 0.717) is 6.61 Å². The summed E-state index contributed by atoms with van der Waals surface area (Å²) < 4.78 is 46.0. The molecule has 1 unspecified atom stereocenters. The Morgan fingerprint density at radius 2 is 2.00 bits per heavy atom. The lowest BCUT2D eigenvalue weighted by Crippen LogP contribution is -2.09. The van der Waals surface area contributed by atoms with Crippen LogP contribution in [-0.2, 0) is 10.9 Å². The van der Waals surface area contributed by atoms with Gasteiger partial charge in [0, 0.05) is 23.7 Å². The van der Waals surface area contributed by atoms with E-state index in [9.17, 15) is 13.2 Å². The van der Waals surface area contributed by atoms with Gasteiger partial charge in [0.05, 0.1) is 17.9 Å². The van der Waals surface area contributed by atoms with Crippen LogP contribution in [0.25, 0.3) is 5.69 Å². The van der Waals surface area contributed by atoms with E-state index < -0.39 is 11.7 Å². The van der Waals surface area contributed by atoms with Gasteiger partial charge in [0.15, 0.2) is 0 Å². The molecule has 1 aromatic carbocycles. The van der Waals surface area contributed by atoms with Crippen LogP contribution in [0.15, 0.2) is 42.7 Å². The summed E-state index contributed by atoms with van der Waals surface area (Å²) in [5.74, 6) is 0.912. The highest BCUT2D eigenvalue weighted by atomic mass is 32.2. The molecule has 3 rings (SSSR count). The molecular weight excluding hydrogens is 287 g/mol.